The van der Waals surface area contributed by atoms with Crippen LogP contribution in [0.1, 0.15) is 6.92 Å². The van der Waals surface area contributed by atoms with Crippen LogP contribution in [0, 0.1) is 0 Å². The van der Waals surface area contributed by atoms with Crippen LogP contribution in [-0.4, -0.2) is 49.8 Å². The van der Waals surface area contributed by atoms with Gasteiger partial charge in [-0.05, 0) is 0 Å². The minimum atomic E-state index is -3.20. The maximum Gasteiger partial charge on any atom is 0.281 e. The summed E-state index contributed by atoms with van der Waals surface area (Å²) in [4.78, 5) is 0. The SMILES string of the molecule is CCN(C)S(=O)(=O)N1CC(N)C1. The summed E-state index contributed by atoms with van der Waals surface area (Å²) in [7, 11) is -1.63. The lowest BCUT2D eigenvalue weighted by molar-refractivity contribution is 0.247. The van der Waals surface area contributed by atoms with E-state index < -0.39 is 10.2 Å². The first-order valence-corrected chi connectivity index (χ1v) is 5.35. The Balaban J connectivity index is 2.61. The van der Waals surface area contributed by atoms with Crippen molar-refractivity contribution in [2.75, 3.05) is 26.7 Å². The van der Waals surface area contributed by atoms with Crippen molar-refractivity contribution >= 4 is 10.2 Å². The molecule has 5 nitrogen and oxygen atoms in total. The van der Waals surface area contributed by atoms with Gasteiger partial charge >= 0.3 is 0 Å². The fraction of sp³-hybridized carbons (Fsp3) is 1.00. The van der Waals surface area contributed by atoms with Gasteiger partial charge in [-0.25, -0.2) is 0 Å². The highest BCUT2D eigenvalue weighted by Gasteiger charge is 2.35. The van der Waals surface area contributed by atoms with Crippen molar-refractivity contribution in [1.82, 2.24) is 8.61 Å². The molecule has 72 valence electrons. The minimum absolute atomic E-state index is 0.0185. The number of hydrogen-bond acceptors (Lipinski definition) is 3. The first kappa shape index (κ1) is 9.91. The molecule has 0 spiro atoms. The van der Waals surface area contributed by atoms with Gasteiger partial charge in [-0.15, -0.1) is 0 Å². The molecule has 1 aliphatic rings. The Labute approximate surface area is 73.3 Å². The van der Waals surface area contributed by atoms with Gasteiger partial charge in [0.25, 0.3) is 10.2 Å². The summed E-state index contributed by atoms with van der Waals surface area (Å²) < 4.78 is 25.7. The standard InChI is InChI=1S/C6H15N3O2S/c1-3-8(2)12(10,11)9-4-6(7)5-9/h6H,3-5,7H2,1-2H3. The summed E-state index contributed by atoms with van der Waals surface area (Å²) in [6, 6.07) is 0.0185. The third kappa shape index (κ3) is 1.61. The van der Waals surface area contributed by atoms with Crippen LogP contribution < -0.4 is 5.73 Å². The zero-order chi connectivity index (χ0) is 9.35. The average molecular weight is 193 g/mol. The molecule has 0 amide bonds. The number of rotatable bonds is 3. The highest BCUT2D eigenvalue weighted by molar-refractivity contribution is 7.86. The van der Waals surface area contributed by atoms with E-state index in [4.69, 9.17) is 5.73 Å². The van der Waals surface area contributed by atoms with Crippen LogP contribution in [0.3, 0.4) is 0 Å². The van der Waals surface area contributed by atoms with Crippen LogP contribution in [0.15, 0.2) is 0 Å². The fourth-order valence-corrected chi connectivity index (χ4v) is 2.50. The van der Waals surface area contributed by atoms with Crippen molar-refractivity contribution in [3.63, 3.8) is 0 Å². The molecular formula is C6H15N3O2S. The Morgan fingerprint density at radius 2 is 2.08 bits per heavy atom. The topological polar surface area (TPSA) is 66.6 Å². The molecule has 0 bridgehead atoms. The summed E-state index contributed by atoms with van der Waals surface area (Å²) in [6.45, 7) is 3.20. The Morgan fingerprint density at radius 1 is 1.58 bits per heavy atom. The summed E-state index contributed by atoms with van der Waals surface area (Å²) in [5, 5.41) is 0. The van der Waals surface area contributed by atoms with E-state index in [1.165, 1.54) is 8.61 Å². The number of nitrogens with zero attached hydrogens (tertiary/aromatic N) is 2. The maximum absolute atomic E-state index is 11.5. The van der Waals surface area contributed by atoms with Crippen LogP contribution >= 0.6 is 0 Å². The molecule has 1 heterocycles. The van der Waals surface area contributed by atoms with Crippen molar-refractivity contribution in [2.45, 2.75) is 13.0 Å². The van der Waals surface area contributed by atoms with Crippen molar-refractivity contribution in [3.8, 4) is 0 Å². The van der Waals surface area contributed by atoms with Crippen molar-refractivity contribution in [1.29, 1.82) is 0 Å². The van der Waals surface area contributed by atoms with E-state index in [2.05, 4.69) is 0 Å². The van der Waals surface area contributed by atoms with Crippen LogP contribution in [0.4, 0.5) is 0 Å². The van der Waals surface area contributed by atoms with E-state index in [9.17, 15) is 8.42 Å². The molecule has 0 aromatic carbocycles. The van der Waals surface area contributed by atoms with E-state index in [0.717, 1.165) is 0 Å². The lowest BCUT2D eigenvalue weighted by Crippen LogP contribution is -2.60. The van der Waals surface area contributed by atoms with Gasteiger partial charge in [0.2, 0.25) is 0 Å². The highest BCUT2D eigenvalue weighted by atomic mass is 32.2. The van der Waals surface area contributed by atoms with E-state index in [-0.39, 0.29) is 6.04 Å². The van der Waals surface area contributed by atoms with Gasteiger partial charge in [0.1, 0.15) is 0 Å². The predicted molar refractivity (Wildman–Crippen MR) is 46.8 cm³/mol. The van der Waals surface area contributed by atoms with Gasteiger partial charge < -0.3 is 5.73 Å². The normalized spacial score (nSPS) is 21.3. The van der Waals surface area contributed by atoms with Crippen molar-refractivity contribution in [3.05, 3.63) is 0 Å². The molecule has 12 heavy (non-hydrogen) atoms. The molecule has 0 unspecified atom stereocenters. The second kappa shape index (κ2) is 3.29. The fourth-order valence-electron chi connectivity index (χ4n) is 1.02. The molecule has 0 saturated carbocycles. The van der Waals surface area contributed by atoms with E-state index in [1.54, 1.807) is 14.0 Å². The zero-order valence-electron chi connectivity index (χ0n) is 7.40. The largest absolute Gasteiger partial charge is 0.325 e. The molecule has 1 rings (SSSR count). The summed E-state index contributed by atoms with van der Waals surface area (Å²) in [6.07, 6.45) is 0. The molecule has 1 aliphatic heterocycles. The second-order valence-corrected chi connectivity index (χ2v) is 5.03. The molecule has 2 N–H and O–H groups in total. The first-order valence-electron chi connectivity index (χ1n) is 3.95. The molecule has 6 heteroatoms. The highest BCUT2D eigenvalue weighted by Crippen LogP contribution is 2.13. The van der Waals surface area contributed by atoms with Gasteiger partial charge in [-0.3, -0.25) is 0 Å². The number of nitrogens with two attached hydrogens (primary N) is 1. The molecule has 0 atom stereocenters. The lowest BCUT2D eigenvalue weighted by Gasteiger charge is -2.37. The van der Waals surface area contributed by atoms with Crippen LogP contribution in [0.5, 0.6) is 0 Å². The molecule has 0 radical (unpaired) electrons. The van der Waals surface area contributed by atoms with Gasteiger partial charge in [-0.1, -0.05) is 6.92 Å². The van der Waals surface area contributed by atoms with Gasteiger partial charge in [-0.2, -0.15) is 17.0 Å². The zero-order valence-corrected chi connectivity index (χ0v) is 8.21. The molecule has 0 aliphatic carbocycles. The second-order valence-electron chi connectivity index (χ2n) is 3.00. The van der Waals surface area contributed by atoms with Gasteiger partial charge in [0, 0.05) is 32.7 Å². The van der Waals surface area contributed by atoms with Crippen LogP contribution in [0.2, 0.25) is 0 Å². The van der Waals surface area contributed by atoms with Crippen LogP contribution in [0.25, 0.3) is 0 Å². The Kier molecular flexibility index (Phi) is 2.72. The summed E-state index contributed by atoms with van der Waals surface area (Å²) in [5.41, 5.74) is 5.48. The Hall–Kier alpha value is -0.170. The number of hydrogen-bond donors (Lipinski definition) is 1. The molecule has 0 aromatic rings. The molecule has 0 aromatic heterocycles. The van der Waals surface area contributed by atoms with E-state index >= 15 is 0 Å². The lowest BCUT2D eigenvalue weighted by atomic mass is 10.2. The summed E-state index contributed by atoms with van der Waals surface area (Å²) in [5.74, 6) is 0. The quantitative estimate of drug-likeness (QED) is 0.614. The van der Waals surface area contributed by atoms with Gasteiger partial charge in [0.15, 0.2) is 0 Å². The minimum Gasteiger partial charge on any atom is -0.325 e. The third-order valence-electron chi connectivity index (χ3n) is 2.04. The third-order valence-corrected chi connectivity index (χ3v) is 4.04. The smallest absolute Gasteiger partial charge is 0.281 e. The average Bonchev–Trinajstić information content (AvgIpc) is 1.96. The predicted octanol–water partition coefficient (Wildman–Crippen LogP) is -1.17. The molecule has 1 fully saturated rings. The maximum atomic E-state index is 11.5. The summed E-state index contributed by atoms with van der Waals surface area (Å²) >= 11 is 0. The molecule has 1 saturated heterocycles. The van der Waals surface area contributed by atoms with E-state index in [1.807, 2.05) is 0 Å². The Bertz CT molecular complexity index is 246. The van der Waals surface area contributed by atoms with Crippen LogP contribution in [-0.2, 0) is 10.2 Å². The molecular weight excluding hydrogens is 178 g/mol. The monoisotopic (exact) mass is 193 g/mol. The first-order chi connectivity index (χ1) is 5.48. The van der Waals surface area contributed by atoms with E-state index in [0.29, 0.717) is 19.6 Å². The Morgan fingerprint density at radius 3 is 2.42 bits per heavy atom. The van der Waals surface area contributed by atoms with Crippen molar-refractivity contribution in [2.24, 2.45) is 5.73 Å². The van der Waals surface area contributed by atoms with Gasteiger partial charge in [0.05, 0.1) is 0 Å². The van der Waals surface area contributed by atoms with Crippen molar-refractivity contribution < 1.29 is 8.42 Å².